The maximum atomic E-state index is 12.5. The molecular weight excluding hydrogens is 400 g/mol. The SMILES string of the molecule is CC(C(=O)OCCCn1c(=O)[nH]c2ccccc2c1=O)S(=O)(=O)C1CCOCC1. The largest absolute Gasteiger partial charge is 0.465 e. The van der Waals surface area contributed by atoms with Gasteiger partial charge in [-0.25, -0.2) is 13.2 Å². The molecule has 1 saturated heterocycles. The van der Waals surface area contributed by atoms with Crippen molar-refractivity contribution in [2.45, 2.75) is 43.2 Å². The molecule has 3 rings (SSSR count). The van der Waals surface area contributed by atoms with Crippen molar-refractivity contribution in [3.63, 3.8) is 0 Å². The summed E-state index contributed by atoms with van der Waals surface area (Å²) in [4.78, 5) is 39.4. The fourth-order valence-corrected chi connectivity index (χ4v) is 5.11. The highest BCUT2D eigenvalue weighted by molar-refractivity contribution is 7.93. The van der Waals surface area contributed by atoms with Gasteiger partial charge in [-0.05, 0) is 38.3 Å². The number of ether oxygens (including phenoxy) is 2. The van der Waals surface area contributed by atoms with Crippen LogP contribution < -0.4 is 11.2 Å². The van der Waals surface area contributed by atoms with Crippen molar-refractivity contribution < 1.29 is 22.7 Å². The summed E-state index contributed by atoms with van der Waals surface area (Å²) >= 11 is 0. The molecule has 10 heteroatoms. The maximum absolute atomic E-state index is 12.5. The van der Waals surface area contributed by atoms with Gasteiger partial charge in [0.1, 0.15) is 0 Å². The van der Waals surface area contributed by atoms with Crippen molar-refractivity contribution in [3.8, 4) is 0 Å². The fourth-order valence-electron chi connectivity index (χ4n) is 3.34. The van der Waals surface area contributed by atoms with Gasteiger partial charge in [-0.3, -0.25) is 14.2 Å². The van der Waals surface area contributed by atoms with Gasteiger partial charge in [0.25, 0.3) is 5.56 Å². The van der Waals surface area contributed by atoms with Crippen LogP contribution >= 0.6 is 0 Å². The Kier molecular flexibility index (Phi) is 6.53. The molecule has 158 valence electrons. The van der Waals surface area contributed by atoms with E-state index in [2.05, 4.69) is 4.98 Å². The Morgan fingerprint density at radius 2 is 1.97 bits per heavy atom. The highest BCUT2D eigenvalue weighted by Crippen LogP contribution is 2.20. The average molecular weight is 424 g/mol. The van der Waals surface area contributed by atoms with Gasteiger partial charge in [-0.2, -0.15) is 0 Å². The van der Waals surface area contributed by atoms with E-state index in [0.29, 0.717) is 37.0 Å². The molecule has 0 amide bonds. The van der Waals surface area contributed by atoms with Gasteiger partial charge < -0.3 is 14.5 Å². The molecule has 1 N–H and O–H groups in total. The van der Waals surface area contributed by atoms with E-state index in [0.717, 1.165) is 4.57 Å². The predicted octanol–water partition coefficient (Wildman–Crippen LogP) is 0.605. The Bertz CT molecular complexity index is 1100. The molecule has 9 nitrogen and oxygen atoms in total. The van der Waals surface area contributed by atoms with E-state index in [1.165, 1.54) is 6.92 Å². The van der Waals surface area contributed by atoms with Gasteiger partial charge in [0.05, 0.1) is 22.8 Å². The average Bonchev–Trinajstić information content (AvgIpc) is 2.73. The lowest BCUT2D eigenvalue weighted by molar-refractivity contribution is -0.143. The first-order valence-electron chi connectivity index (χ1n) is 9.51. The van der Waals surface area contributed by atoms with Crippen LogP contribution in [0.5, 0.6) is 0 Å². The van der Waals surface area contributed by atoms with Crippen molar-refractivity contribution in [2.75, 3.05) is 19.8 Å². The number of nitrogens with one attached hydrogen (secondary N) is 1. The summed E-state index contributed by atoms with van der Waals surface area (Å²) in [6.45, 7) is 2.01. The van der Waals surface area contributed by atoms with E-state index in [4.69, 9.17) is 9.47 Å². The molecule has 1 aromatic heterocycles. The second-order valence-corrected chi connectivity index (χ2v) is 9.55. The van der Waals surface area contributed by atoms with E-state index in [9.17, 15) is 22.8 Å². The van der Waals surface area contributed by atoms with Crippen LogP contribution in [0.25, 0.3) is 10.9 Å². The quantitative estimate of drug-likeness (QED) is 0.510. The van der Waals surface area contributed by atoms with E-state index < -0.39 is 37.6 Å². The second-order valence-electron chi connectivity index (χ2n) is 7.00. The van der Waals surface area contributed by atoms with Crippen LogP contribution in [-0.2, 0) is 30.7 Å². The van der Waals surface area contributed by atoms with Gasteiger partial charge in [0.2, 0.25) is 0 Å². The minimum atomic E-state index is -3.65. The molecule has 0 bridgehead atoms. The molecule has 0 radical (unpaired) electrons. The van der Waals surface area contributed by atoms with Gasteiger partial charge in [-0.15, -0.1) is 0 Å². The van der Waals surface area contributed by atoms with Crippen molar-refractivity contribution in [2.24, 2.45) is 0 Å². The third-order valence-electron chi connectivity index (χ3n) is 5.12. The van der Waals surface area contributed by atoms with Gasteiger partial charge in [0, 0.05) is 19.8 Å². The highest BCUT2D eigenvalue weighted by Gasteiger charge is 2.37. The molecule has 1 unspecified atom stereocenters. The lowest BCUT2D eigenvalue weighted by Crippen LogP contribution is -2.39. The number of carbonyl (C=O) groups is 1. The second kappa shape index (κ2) is 8.91. The number of H-pyrrole nitrogens is 1. The summed E-state index contributed by atoms with van der Waals surface area (Å²) in [5.41, 5.74) is -0.515. The number of para-hydroxylation sites is 1. The lowest BCUT2D eigenvalue weighted by Gasteiger charge is -2.24. The standard InChI is InChI=1S/C19H24N2O7S/c1-13(29(25,26)14-7-11-27-12-8-14)18(23)28-10-4-9-21-17(22)15-5-2-3-6-16(15)20-19(21)24/h2-3,5-6,13-14H,4,7-12H2,1H3,(H,20,24). The molecule has 2 heterocycles. The third-order valence-corrected chi connectivity index (χ3v) is 7.70. The molecule has 1 fully saturated rings. The third kappa shape index (κ3) is 4.59. The number of carbonyl (C=O) groups excluding carboxylic acids is 1. The minimum absolute atomic E-state index is 0.0490. The lowest BCUT2D eigenvalue weighted by atomic mass is 10.2. The Morgan fingerprint density at radius 3 is 2.69 bits per heavy atom. The Morgan fingerprint density at radius 1 is 1.28 bits per heavy atom. The summed E-state index contributed by atoms with van der Waals surface area (Å²) in [5.74, 6) is -0.823. The summed E-state index contributed by atoms with van der Waals surface area (Å²) in [6.07, 6.45) is 0.943. The van der Waals surface area contributed by atoms with Crippen LogP contribution in [0.2, 0.25) is 0 Å². The van der Waals surface area contributed by atoms with Crippen LogP contribution in [0.3, 0.4) is 0 Å². The molecule has 1 atom stereocenters. The number of hydrogen-bond donors (Lipinski definition) is 1. The maximum Gasteiger partial charge on any atom is 0.328 e. The molecule has 1 aliphatic rings. The monoisotopic (exact) mass is 424 g/mol. The molecule has 0 spiro atoms. The minimum Gasteiger partial charge on any atom is -0.465 e. The van der Waals surface area contributed by atoms with Crippen molar-refractivity contribution in [1.29, 1.82) is 0 Å². The molecule has 29 heavy (non-hydrogen) atoms. The van der Waals surface area contributed by atoms with E-state index in [-0.39, 0.29) is 19.6 Å². The Labute approximate surface area is 167 Å². The van der Waals surface area contributed by atoms with E-state index >= 15 is 0 Å². The van der Waals surface area contributed by atoms with E-state index in [1.807, 2.05) is 0 Å². The number of aromatic nitrogens is 2. The first-order chi connectivity index (χ1) is 13.8. The van der Waals surface area contributed by atoms with Crippen LogP contribution in [0.1, 0.15) is 26.2 Å². The van der Waals surface area contributed by atoms with Crippen molar-refractivity contribution >= 4 is 26.7 Å². The number of nitrogens with zero attached hydrogens (tertiary/aromatic N) is 1. The van der Waals surface area contributed by atoms with Gasteiger partial charge in [0.15, 0.2) is 15.1 Å². The van der Waals surface area contributed by atoms with Crippen LogP contribution in [-0.4, -0.2) is 54.3 Å². The number of sulfone groups is 1. The molecule has 1 aliphatic heterocycles. The number of esters is 1. The van der Waals surface area contributed by atoms with Crippen molar-refractivity contribution in [1.82, 2.24) is 9.55 Å². The summed E-state index contributed by atoms with van der Waals surface area (Å²) < 4.78 is 36.4. The molecule has 2 aromatic rings. The Hall–Kier alpha value is -2.46. The molecule has 1 aromatic carbocycles. The number of aromatic amines is 1. The summed E-state index contributed by atoms with van der Waals surface area (Å²) in [5, 5.41) is -1.48. The molecule has 0 saturated carbocycles. The van der Waals surface area contributed by atoms with E-state index in [1.54, 1.807) is 24.3 Å². The smallest absolute Gasteiger partial charge is 0.328 e. The highest BCUT2D eigenvalue weighted by atomic mass is 32.2. The number of rotatable bonds is 7. The number of benzene rings is 1. The predicted molar refractivity (Wildman–Crippen MR) is 107 cm³/mol. The van der Waals surface area contributed by atoms with Crippen LogP contribution in [0, 0.1) is 0 Å². The van der Waals surface area contributed by atoms with Crippen LogP contribution in [0.4, 0.5) is 0 Å². The van der Waals surface area contributed by atoms with Gasteiger partial charge in [-0.1, -0.05) is 12.1 Å². The fraction of sp³-hybridized carbons (Fsp3) is 0.526. The summed E-state index contributed by atoms with van der Waals surface area (Å²) in [7, 11) is -3.65. The van der Waals surface area contributed by atoms with Crippen LogP contribution in [0.15, 0.2) is 33.9 Å². The Balaban J connectivity index is 1.58. The number of fused-ring (bicyclic) bond motifs is 1. The topological polar surface area (TPSA) is 125 Å². The van der Waals surface area contributed by atoms with Gasteiger partial charge >= 0.3 is 11.7 Å². The summed E-state index contributed by atoms with van der Waals surface area (Å²) in [6, 6.07) is 6.68. The zero-order chi connectivity index (χ0) is 21.0. The zero-order valence-corrected chi connectivity index (χ0v) is 16.9. The zero-order valence-electron chi connectivity index (χ0n) is 16.1. The molecule has 0 aliphatic carbocycles. The molecular formula is C19H24N2O7S. The number of hydrogen-bond acceptors (Lipinski definition) is 7. The normalized spacial score (nSPS) is 16.6. The first-order valence-corrected chi connectivity index (χ1v) is 11.1. The van der Waals surface area contributed by atoms with Crippen molar-refractivity contribution in [3.05, 3.63) is 45.1 Å². The first kappa shape index (κ1) is 21.3.